The highest BCUT2D eigenvalue weighted by Gasteiger charge is 2.29. The van der Waals surface area contributed by atoms with Gasteiger partial charge in [0, 0.05) is 18.5 Å². The van der Waals surface area contributed by atoms with E-state index in [1.807, 2.05) is 40.9 Å². The summed E-state index contributed by atoms with van der Waals surface area (Å²) in [5.74, 6) is 0.0805. The highest BCUT2D eigenvalue weighted by molar-refractivity contribution is 5.78. The Labute approximate surface area is 161 Å². The Morgan fingerprint density at radius 3 is 2.96 bits per heavy atom. The highest BCUT2D eigenvalue weighted by atomic mass is 16.5. The van der Waals surface area contributed by atoms with Crippen LogP contribution in [0.1, 0.15) is 29.3 Å². The minimum atomic E-state index is -0.568. The second-order valence-corrected chi connectivity index (χ2v) is 6.57. The van der Waals surface area contributed by atoms with Crippen LogP contribution in [0.3, 0.4) is 0 Å². The molecule has 3 heterocycles. The maximum Gasteiger partial charge on any atom is 0.255 e. The molecule has 0 aliphatic carbocycles. The lowest BCUT2D eigenvalue weighted by molar-refractivity contribution is -0.121. The zero-order valence-corrected chi connectivity index (χ0v) is 15.3. The lowest BCUT2D eigenvalue weighted by atomic mass is 9.91. The molecule has 1 aromatic carbocycles. The molecule has 3 aromatic rings. The molecule has 3 N–H and O–H groups in total. The summed E-state index contributed by atoms with van der Waals surface area (Å²) in [4.78, 5) is 28.0. The Kier molecular flexibility index (Phi) is 4.60. The molecule has 2 aromatic heterocycles. The number of rotatable bonds is 5. The Hall–Kier alpha value is -3.55. The van der Waals surface area contributed by atoms with Crippen LogP contribution in [0.4, 0.5) is 0 Å². The molecule has 1 aliphatic rings. The number of primary amides is 1. The van der Waals surface area contributed by atoms with Gasteiger partial charge >= 0.3 is 0 Å². The molecule has 1 aliphatic heterocycles. The molecule has 0 bridgehead atoms. The SMILES string of the molecule is COc1cc([C@@H]2CC(=O)NCc3nc4ccccn4c32)ccc1OCC(N)=O. The van der Waals surface area contributed by atoms with Crippen molar-refractivity contribution in [3.63, 3.8) is 0 Å². The van der Waals surface area contributed by atoms with Gasteiger partial charge in [0.1, 0.15) is 5.65 Å². The molecule has 8 nitrogen and oxygen atoms in total. The van der Waals surface area contributed by atoms with Gasteiger partial charge in [0.05, 0.1) is 25.0 Å². The van der Waals surface area contributed by atoms with Gasteiger partial charge in [-0.3, -0.25) is 9.59 Å². The quantitative estimate of drug-likeness (QED) is 0.695. The van der Waals surface area contributed by atoms with Crippen molar-refractivity contribution in [3.05, 3.63) is 59.5 Å². The van der Waals surface area contributed by atoms with Gasteiger partial charge in [-0.05, 0) is 29.8 Å². The zero-order valence-electron chi connectivity index (χ0n) is 15.3. The molecule has 0 radical (unpaired) electrons. The summed E-state index contributed by atoms with van der Waals surface area (Å²) in [5.41, 5.74) is 8.69. The minimum absolute atomic E-state index is 0.0410. The molecule has 1 atom stereocenters. The molecule has 8 heteroatoms. The summed E-state index contributed by atoms with van der Waals surface area (Å²) >= 11 is 0. The number of fused-ring (bicyclic) bond motifs is 3. The number of carbonyl (C=O) groups excluding carboxylic acids is 2. The highest BCUT2D eigenvalue weighted by Crippen LogP contribution is 2.37. The van der Waals surface area contributed by atoms with Crippen LogP contribution < -0.4 is 20.5 Å². The average Bonchev–Trinajstić information content (AvgIpc) is 2.98. The Bertz CT molecular complexity index is 1060. The first-order valence-electron chi connectivity index (χ1n) is 8.88. The molecule has 144 valence electrons. The van der Waals surface area contributed by atoms with E-state index in [9.17, 15) is 9.59 Å². The van der Waals surface area contributed by atoms with E-state index in [1.54, 1.807) is 6.07 Å². The van der Waals surface area contributed by atoms with Crippen molar-refractivity contribution in [2.24, 2.45) is 5.73 Å². The molecular formula is C20H20N4O4. The van der Waals surface area contributed by atoms with Crippen LogP contribution in [-0.2, 0) is 16.1 Å². The number of benzene rings is 1. The number of nitrogens with two attached hydrogens (primary N) is 1. The number of imidazole rings is 1. The largest absolute Gasteiger partial charge is 0.493 e. The van der Waals surface area contributed by atoms with Gasteiger partial charge < -0.3 is 24.9 Å². The van der Waals surface area contributed by atoms with Crippen molar-refractivity contribution >= 4 is 17.5 Å². The predicted octanol–water partition coefficient (Wildman–Crippen LogP) is 1.36. The van der Waals surface area contributed by atoms with E-state index in [0.29, 0.717) is 24.5 Å². The van der Waals surface area contributed by atoms with Crippen molar-refractivity contribution in [2.75, 3.05) is 13.7 Å². The fourth-order valence-electron chi connectivity index (χ4n) is 3.54. The van der Waals surface area contributed by atoms with Crippen molar-refractivity contribution in [2.45, 2.75) is 18.9 Å². The Morgan fingerprint density at radius 2 is 2.18 bits per heavy atom. The van der Waals surface area contributed by atoms with E-state index in [4.69, 9.17) is 15.2 Å². The second-order valence-electron chi connectivity index (χ2n) is 6.57. The number of nitrogens with zero attached hydrogens (tertiary/aromatic N) is 2. The Morgan fingerprint density at radius 1 is 1.32 bits per heavy atom. The number of hydrogen-bond donors (Lipinski definition) is 2. The molecule has 4 rings (SSSR count). The summed E-state index contributed by atoms with van der Waals surface area (Å²) in [6.07, 6.45) is 2.24. The monoisotopic (exact) mass is 380 g/mol. The lowest BCUT2D eigenvalue weighted by Crippen LogP contribution is -2.21. The number of pyridine rings is 1. The van der Waals surface area contributed by atoms with Gasteiger partial charge in [-0.2, -0.15) is 0 Å². The number of aromatic nitrogens is 2. The number of hydrogen-bond acceptors (Lipinski definition) is 5. The maximum atomic E-state index is 12.3. The average molecular weight is 380 g/mol. The van der Waals surface area contributed by atoms with E-state index < -0.39 is 5.91 Å². The molecule has 0 saturated heterocycles. The smallest absolute Gasteiger partial charge is 0.255 e. The van der Waals surface area contributed by atoms with Crippen LogP contribution in [0.15, 0.2) is 42.6 Å². The van der Waals surface area contributed by atoms with Gasteiger partial charge in [0.25, 0.3) is 5.91 Å². The van der Waals surface area contributed by atoms with Crippen molar-refractivity contribution in [3.8, 4) is 11.5 Å². The van der Waals surface area contributed by atoms with E-state index in [2.05, 4.69) is 10.3 Å². The fourth-order valence-corrected chi connectivity index (χ4v) is 3.54. The number of nitrogens with one attached hydrogen (secondary N) is 1. The predicted molar refractivity (Wildman–Crippen MR) is 101 cm³/mol. The van der Waals surface area contributed by atoms with Crippen molar-refractivity contribution in [1.82, 2.24) is 14.7 Å². The van der Waals surface area contributed by atoms with Gasteiger partial charge in [-0.1, -0.05) is 12.1 Å². The summed E-state index contributed by atoms with van der Waals surface area (Å²) in [6, 6.07) is 11.2. The van der Waals surface area contributed by atoms with Gasteiger partial charge in [-0.15, -0.1) is 0 Å². The molecule has 0 unspecified atom stereocenters. The van der Waals surface area contributed by atoms with E-state index in [1.165, 1.54) is 7.11 Å². The molecule has 2 amide bonds. The molecule has 0 fully saturated rings. The molecule has 0 saturated carbocycles. The first kappa shape index (κ1) is 17.8. The van der Waals surface area contributed by atoms with E-state index in [-0.39, 0.29) is 18.4 Å². The van der Waals surface area contributed by atoms with Crippen LogP contribution >= 0.6 is 0 Å². The summed E-state index contributed by atoms with van der Waals surface area (Å²) in [6.45, 7) is 0.155. The van der Waals surface area contributed by atoms with Crippen LogP contribution in [-0.4, -0.2) is 34.9 Å². The third kappa shape index (κ3) is 3.24. The number of amides is 2. The number of methoxy groups -OCH3 is 1. The fraction of sp³-hybridized carbons (Fsp3) is 0.250. The van der Waals surface area contributed by atoms with Crippen LogP contribution in [0.5, 0.6) is 11.5 Å². The van der Waals surface area contributed by atoms with E-state index >= 15 is 0 Å². The third-order valence-corrected chi connectivity index (χ3v) is 4.78. The van der Waals surface area contributed by atoms with Crippen molar-refractivity contribution in [1.29, 1.82) is 0 Å². The van der Waals surface area contributed by atoms with Gasteiger partial charge in [0.15, 0.2) is 18.1 Å². The first-order chi connectivity index (χ1) is 13.6. The minimum Gasteiger partial charge on any atom is -0.493 e. The molecule has 28 heavy (non-hydrogen) atoms. The normalized spacial score (nSPS) is 16.2. The standard InChI is InChI=1S/C20H20N4O4/c1-27-16-8-12(5-6-15(16)28-11-17(21)25)13-9-19(26)22-10-14-20(13)24-7-3-2-4-18(24)23-14/h2-8,13H,9-11H2,1H3,(H2,21,25)(H,22,26)/t13-/m0/s1. The van der Waals surface area contributed by atoms with E-state index in [0.717, 1.165) is 22.6 Å². The van der Waals surface area contributed by atoms with Crippen molar-refractivity contribution < 1.29 is 19.1 Å². The van der Waals surface area contributed by atoms with Gasteiger partial charge in [-0.25, -0.2) is 4.98 Å². The topological polar surface area (TPSA) is 108 Å². The number of ether oxygens (including phenoxy) is 2. The van der Waals surface area contributed by atoms with Gasteiger partial charge in [0.2, 0.25) is 5.91 Å². The third-order valence-electron chi connectivity index (χ3n) is 4.78. The summed E-state index contributed by atoms with van der Waals surface area (Å²) in [7, 11) is 1.52. The lowest BCUT2D eigenvalue weighted by Gasteiger charge is -2.18. The maximum absolute atomic E-state index is 12.3. The van der Waals surface area contributed by atoms with Crippen LogP contribution in [0, 0.1) is 0 Å². The summed E-state index contributed by atoms with van der Waals surface area (Å²) < 4.78 is 12.8. The summed E-state index contributed by atoms with van der Waals surface area (Å²) in [5, 5.41) is 2.91. The molecular weight excluding hydrogens is 360 g/mol. The Balaban J connectivity index is 1.79. The second kappa shape index (κ2) is 7.22. The zero-order chi connectivity index (χ0) is 19.7. The van der Waals surface area contributed by atoms with Crippen LogP contribution in [0.2, 0.25) is 0 Å². The number of carbonyl (C=O) groups is 2. The van der Waals surface area contributed by atoms with Crippen LogP contribution in [0.25, 0.3) is 5.65 Å². The first-order valence-corrected chi connectivity index (χ1v) is 8.88. The molecule has 0 spiro atoms.